The van der Waals surface area contributed by atoms with Crippen molar-refractivity contribution in [2.24, 2.45) is 27.5 Å². The van der Waals surface area contributed by atoms with E-state index in [4.69, 9.17) is 0 Å². The SMILES string of the molecule is CCN(CC[N+](C)(C)C)c1ccc(/N=N/c2ccc(/C=N/N=c3\scc(C)n3C)cc2)cc1.[Br-]. The first-order valence-electron chi connectivity index (χ1n) is 11.1. The van der Waals surface area contributed by atoms with Gasteiger partial charge < -0.3 is 30.9 Å². The van der Waals surface area contributed by atoms with Crippen molar-refractivity contribution in [3.63, 3.8) is 0 Å². The molecule has 0 spiro atoms. The summed E-state index contributed by atoms with van der Waals surface area (Å²) in [5, 5.41) is 19.3. The van der Waals surface area contributed by atoms with Gasteiger partial charge in [0, 0.05) is 30.4 Å². The van der Waals surface area contributed by atoms with Crippen molar-refractivity contribution in [1.29, 1.82) is 0 Å². The van der Waals surface area contributed by atoms with E-state index in [2.05, 4.69) is 70.9 Å². The Morgan fingerprint density at radius 1 is 0.971 bits per heavy atom. The molecule has 0 radical (unpaired) electrons. The lowest BCUT2D eigenvalue weighted by atomic mass is 10.2. The van der Waals surface area contributed by atoms with Gasteiger partial charge in [-0.2, -0.15) is 15.3 Å². The number of likely N-dealkylation sites (N-methyl/N-ethyl adjacent to an activating group) is 2. The van der Waals surface area contributed by atoms with Crippen LogP contribution in [-0.2, 0) is 7.05 Å². The van der Waals surface area contributed by atoms with Crippen molar-refractivity contribution in [2.75, 3.05) is 45.7 Å². The average molecular weight is 545 g/mol. The minimum absolute atomic E-state index is 0. The van der Waals surface area contributed by atoms with Gasteiger partial charge in [0.25, 0.3) is 0 Å². The number of aryl methyl sites for hydroxylation is 1. The summed E-state index contributed by atoms with van der Waals surface area (Å²) in [5.41, 5.74) is 4.98. The van der Waals surface area contributed by atoms with E-state index in [0.29, 0.717) is 0 Å². The number of hydrogen-bond donors (Lipinski definition) is 0. The fraction of sp³-hybridized carbons (Fsp3) is 0.360. The molecule has 0 N–H and O–H groups in total. The average Bonchev–Trinajstić information content (AvgIpc) is 3.11. The number of benzene rings is 2. The first-order valence-corrected chi connectivity index (χ1v) is 12.0. The van der Waals surface area contributed by atoms with E-state index in [1.807, 2.05) is 54.9 Å². The van der Waals surface area contributed by atoms with Gasteiger partial charge in [0.1, 0.15) is 0 Å². The molecule has 0 fully saturated rings. The topological polar surface area (TPSA) is 57.6 Å². The summed E-state index contributed by atoms with van der Waals surface area (Å²) in [5.74, 6) is 0. The summed E-state index contributed by atoms with van der Waals surface area (Å²) >= 11 is 1.58. The number of azo groups is 1. The molecule has 3 rings (SSSR count). The van der Waals surface area contributed by atoms with Crippen LogP contribution in [0.3, 0.4) is 0 Å². The van der Waals surface area contributed by atoms with Crippen molar-refractivity contribution >= 4 is 34.6 Å². The molecule has 0 amide bonds. The Hall–Kier alpha value is -2.62. The lowest BCUT2D eigenvalue weighted by Gasteiger charge is -2.29. The maximum atomic E-state index is 4.38. The van der Waals surface area contributed by atoms with Gasteiger partial charge in [0.15, 0.2) is 0 Å². The number of thiazole rings is 1. The molecule has 182 valence electrons. The first-order chi connectivity index (χ1) is 15.7. The fourth-order valence-electron chi connectivity index (χ4n) is 3.05. The third-order valence-corrected chi connectivity index (χ3v) is 6.34. The lowest BCUT2D eigenvalue weighted by molar-refractivity contribution is -0.868. The second-order valence-corrected chi connectivity index (χ2v) is 9.80. The molecule has 0 saturated carbocycles. The van der Waals surface area contributed by atoms with Gasteiger partial charge in [-0.15, -0.1) is 16.4 Å². The molecule has 9 heteroatoms. The normalized spacial score (nSPS) is 12.5. The third kappa shape index (κ3) is 8.30. The number of rotatable bonds is 9. The van der Waals surface area contributed by atoms with Crippen molar-refractivity contribution in [1.82, 2.24) is 4.57 Å². The Morgan fingerprint density at radius 3 is 2.06 bits per heavy atom. The summed E-state index contributed by atoms with van der Waals surface area (Å²) in [6, 6.07) is 16.0. The summed E-state index contributed by atoms with van der Waals surface area (Å²) in [4.78, 5) is 3.26. The molecule has 2 aromatic carbocycles. The van der Waals surface area contributed by atoms with E-state index < -0.39 is 0 Å². The fourth-order valence-corrected chi connectivity index (χ4v) is 3.88. The molecule has 0 aliphatic rings. The molecule has 0 aliphatic heterocycles. The van der Waals surface area contributed by atoms with Gasteiger partial charge >= 0.3 is 0 Å². The minimum atomic E-state index is 0. The number of aromatic nitrogens is 1. The Bertz CT molecular complexity index is 1150. The largest absolute Gasteiger partial charge is 1.00 e. The maximum absolute atomic E-state index is 4.38. The summed E-state index contributed by atoms with van der Waals surface area (Å²) in [7, 11) is 8.65. The van der Waals surface area contributed by atoms with Gasteiger partial charge in [0.05, 0.1) is 51.8 Å². The quantitative estimate of drug-likeness (QED) is 0.177. The Morgan fingerprint density at radius 2 is 1.56 bits per heavy atom. The predicted molar refractivity (Wildman–Crippen MR) is 139 cm³/mol. The standard InChI is InChI=1S/C25H34N7S.BrH/c1-7-31(16-17-32(4,5)6)24-14-12-23(13-15-24)28-27-22-10-8-21(9-11-22)18-26-29-25-30(3)20(2)19-33-25;/h8-15,18-19H,7,16-17H2,1-6H3;1H/q+1;/p-1/b26-18+,28-27+,29-25-;. The molecular formula is C25H34BrN7S. The van der Waals surface area contributed by atoms with Crippen LogP contribution in [-0.4, -0.2) is 56.0 Å². The summed E-state index contributed by atoms with van der Waals surface area (Å²) < 4.78 is 2.97. The number of quaternary nitrogens is 1. The van der Waals surface area contributed by atoms with Crippen LogP contribution in [0.4, 0.5) is 17.1 Å². The van der Waals surface area contributed by atoms with Crippen molar-refractivity contribution in [3.8, 4) is 0 Å². The highest BCUT2D eigenvalue weighted by Crippen LogP contribution is 2.22. The maximum Gasteiger partial charge on any atom is 0.210 e. The van der Waals surface area contributed by atoms with E-state index in [1.54, 1.807) is 17.6 Å². The molecule has 3 aromatic rings. The van der Waals surface area contributed by atoms with Crippen LogP contribution in [0.15, 0.2) is 74.3 Å². The van der Waals surface area contributed by atoms with Gasteiger partial charge in [-0.3, -0.25) is 0 Å². The highest BCUT2D eigenvalue weighted by atomic mass is 79.9. The molecule has 7 nitrogen and oxygen atoms in total. The molecule has 0 unspecified atom stereocenters. The number of hydrogen-bond acceptors (Lipinski definition) is 6. The summed E-state index contributed by atoms with van der Waals surface area (Å²) in [6.07, 6.45) is 1.74. The molecule has 0 bridgehead atoms. The molecule has 0 saturated heterocycles. The van der Waals surface area contributed by atoms with Gasteiger partial charge in [0.2, 0.25) is 4.80 Å². The van der Waals surface area contributed by atoms with Crippen molar-refractivity contribution in [2.45, 2.75) is 13.8 Å². The van der Waals surface area contributed by atoms with E-state index in [-0.39, 0.29) is 17.0 Å². The number of anilines is 1. The van der Waals surface area contributed by atoms with Gasteiger partial charge in [-0.05, 0) is 55.8 Å². The zero-order valence-corrected chi connectivity index (χ0v) is 23.2. The molecule has 0 aliphatic carbocycles. The Kier molecular flexibility index (Phi) is 10.3. The monoisotopic (exact) mass is 543 g/mol. The highest BCUT2D eigenvalue weighted by molar-refractivity contribution is 7.07. The number of halogens is 1. The van der Waals surface area contributed by atoms with Crippen LogP contribution in [0.5, 0.6) is 0 Å². The highest BCUT2D eigenvalue weighted by Gasteiger charge is 2.11. The molecule has 0 atom stereocenters. The minimum Gasteiger partial charge on any atom is -1.00 e. The second kappa shape index (κ2) is 12.7. The van der Waals surface area contributed by atoms with Crippen LogP contribution in [0, 0.1) is 6.92 Å². The van der Waals surface area contributed by atoms with E-state index in [1.165, 1.54) is 11.4 Å². The van der Waals surface area contributed by atoms with Crippen LogP contribution >= 0.6 is 11.3 Å². The van der Waals surface area contributed by atoms with E-state index in [0.717, 1.165) is 45.9 Å². The predicted octanol–water partition coefficient (Wildman–Crippen LogP) is 2.28. The zero-order valence-electron chi connectivity index (χ0n) is 20.8. The van der Waals surface area contributed by atoms with Crippen molar-refractivity contribution in [3.05, 3.63) is 70.0 Å². The van der Waals surface area contributed by atoms with Crippen molar-refractivity contribution < 1.29 is 21.5 Å². The Labute approximate surface area is 217 Å². The van der Waals surface area contributed by atoms with Crippen LogP contribution in [0.25, 0.3) is 0 Å². The molecule has 1 aromatic heterocycles. The Balaban J connectivity index is 0.00000408. The van der Waals surface area contributed by atoms with E-state index >= 15 is 0 Å². The van der Waals surface area contributed by atoms with Gasteiger partial charge in [-0.1, -0.05) is 12.1 Å². The smallest absolute Gasteiger partial charge is 0.210 e. The lowest BCUT2D eigenvalue weighted by Crippen LogP contribution is -3.00. The molecule has 1 heterocycles. The first kappa shape index (κ1) is 27.6. The summed E-state index contributed by atoms with van der Waals surface area (Å²) in [6.45, 7) is 7.34. The third-order valence-electron chi connectivity index (χ3n) is 5.31. The second-order valence-electron chi connectivity index (χ2n) is 8.96. The van der Waals surface area contributed by atoms with Crippen LogP contribution in [0.2, 0.25) is 0 Å². The molecule has 34 heavy (non-hydrogen) atoms. The number of nitrogens with zero attached hydrogens (tertiary/aromatic N) is 7. The van der Waals surface area contributed by atoms with E-state index in [9.17, 15) is 0 Å². The zero-order chi connectivity index (χ0) is 23.8. The van der Waals surface area contributed by atoms with Crippen LogP contribution < -0.4 is 26.7 Å². The molecular weight excluding hydrogens is 510 g/mol. The van der Waals surface area contributed by atoms with Gasteiger partial charge in [-0.25, -0.2) is 0 Å². The van der Waals surface area contributed by atoms with Crippen LogP contribution in [0.1, 0.15) is 18.2 Å².